The fourth-order valence-corrected chi connectivity index (χ4v) is 1.94. The number of hydrogen-bond donors (Lipinski definition) is 1. The average molecular weight is 271 g/mol. The first-order chi connectivity index (χ1) is 9.38. The highest BCUT2D eigenvalue weighted by Crippen LogP contribution is 2.20. The highest BCUT2D eigenvalue weighted by molar-refractivity contribution is 5.92. The second kappa shape index (κ2) is 5.49. The number of nitrogens with zero attached hydrogens (tertiary/aromatic N) is 2. The SMILES string of the molecule is CN(Cc1ccccc1)C(=O)c1cc(C(C)(C)C)[nH]n1. The summed E-state index contributed by atoms with van der Waals surface area (Å²) in [5.74, 6) is -0.0689. The molecule has 0 unspecified atom stereocenters. The van der Waals surface area contributed by atoms with Crippen LogP contribution >= 0.6 is 0 Å². The van der Waals surface area contributed by atoms with Crippen molar-refractivity contribution in [3.8, 4) is 0 Å². The van der Waals surface area contributed by atoms with Crippen LogP contribution in [0.1, 0.15) is 42.5 Å². The molecule has 2 aromatic rings. The summed E-state index contributed by atoms with van der Waals surface area (Å²) in [7, 11) is 1.79. The van der Waals surface area contributed by atoms with Gasteiger partial charge in [0, 0.05) is 24.7 Å². The van der Waals surface area contributed by atoms with Crippen LogP contribution in [-0.4, -0.2) is 28.1 Å². The van der Waals surface area contributed by atoms with Crippen molar-refractivity contribution in [3.05, 3.63) is 53.3 Å². The smallest absolute Gasteiger partial charge is 0.274 e. The number of hydrogen-bond acceptors (Lipinski definition) is 2. The zero-order valence-corrected chi connectivity index (χ0v) is 12.5. The van der Waals surface area contributed by atoms with Gasteiger partial charge in [-0.3, -0.25) is 9.89 Å². The Labute approximate surface area is 119 Å². The van der Waals surface area contributed by atoms with E-state index in [-0.39, 0.29) is 11.3 Å². The van der Waals surface area contributed by atoms with E-state index in [2.05, 4.69) is 31.0 Å². The van der Waals surface area contributed by atoms with Crippen molar-refractivity contribution in [1.82, 2.24) is 15.1 Å². The first-order valence-corrected chi connectivity index (χ1v) is 6.73. The Balaban J connectivity index is 2.09. The van der Waals surface area contributed by atoms with E-state index in [1.165, 1.54) is 0 Å². The van der Waals surface area contributed by atoms with Crippen molar-refractivity contribution in [1.29, 1.82) is 0 Å². The molecule has 0 saturated heterocycles. The summed E-state index contributed by atoms with van der Waals surface area (Å²) < 4.78 is 0. The van der Waals surface area contributed by atoms with Crippen LogP contribution in [0, 0.1) is 0 Å². The Morgan fingerprint density at radius 1 is 1.25 bits per heavy atom. The van der Waals surface area contributed by atoms with Gasteiger partial charge in [0.25, 0.3) is 5.91 Å². The van der Waals surface area contributed by atoms with Gasteiger partial charge in [0.2, 0.25) is 0 Å². The van der Waals surface area contributed by atoms with Gasteiger partial charge in [0.15, 0.2) is 0 Å². The molecular formula is C16H21N3O. The molecule has 4 nitrogen and oxygen atoms in total. The van der Waals surface area contributed by atoms with E-state index in [9.17, 15) is 4.79 Å². The molecule has 0 aliphatic heterocycles. The van der Waals surface area contributed by atoms with Crippen LogP contribution in [0.4, 0.5) is 0 Å². The highest BCUT2D eigenvalue weighted by Gasteiger charge is 2.21. The lowest BCUT2D eigenvalue weighted by Gasteiger charge is -2.16. The number of benzene rings is 1. The van der Waals surface area contributed by atoms with Crippen LogP contribution in [0.15, 0.2) is 36.4 Å². The molecule has 106 valence electrons. The maximum absolute atomic E-state index is 12.3. The molecule has 1 amide bonds. The van der Waals surface area contributed by atoms with Gasteiger partial charge in [-0.25, -0.2) is 0 Å². The molecule has 20 heavy (non-hydrogen) atoms. The maximum atomic E-state index is 12.3. The maximum Gasteiger partial charge on any atom is 0.274 e. The number of carbonyl (C=O) groups is 1. The third-order valence-corrected chi connectivity index (χ3v) is 3.21. The molecule has 1 heterocycles. The van der Waals surface area contributed by atoms with E-state index in [4.69, 9.17) is 0 Å². The minimum Gasteiger partial charge on any atom is -0.336 e. The molecule has 2 rings (SSSR count). The number of aromatic nitrogens is 2. The van der Waals surface area contributed by atoms with Gasteiger partial charge < -0.3 is 4.90 Å². The van der Waals surface area contributed by atoms with E-state index >= 15 is 0 Å². The Kier molecular flexibility index (Phi) is 3.93. The summed E-state index contributed by atoms with van der Waals surface area (Å²) in [6.07, 6.45) is 0. The van der Waals surface area contributed by atoms with E-state index in [0.717, 1.165) is 11.3 Å². The molecule has 0 fully saturated rings. The number of rotatable bonds is 3. The van der Waals surface area contributed by atoms with Gasteiger partial charge >= 0.3 is 0 Å². The van der Waals surface area contributed by atoms with Crippen LogP contribution in [0.25, 0.3) is 0 Å². The van der Waals surface area contributed by atoms with Crippen LogP contribution in [0.5, 0.6) is 0 Å². The minimum absolute atomic E-state index is 0.0382. The topological polar surface area (TPSA) is 49.0 Å². The van der Waals surface area contributed by atoms with Gasteiger partial charge in [-0.15, -0.1) is 0 Å². The monoisotopic (exact) mass is 271 g/mol. The molecule has 1 N–H and O–H groups in total. The standard InChI is InChI=1S/C16H21N3O/c1-16(2,3)14-10-13(17-18-14)15(20)19(4)11-12-8-6-5-7-9-12/h5-10H,11H2,1-4H3,(H,17,18). The summed E-state index contributed by atoms with van der Waals surface area (Å²) in [6.45, 7) is 6.84. The number of H-pyrrole nitrogens is 1. The molecule has 0 aliphatic rings. The third-order valence-electron chi connectivity index (χ3n) is 3.21. The Morgan fingerprint density at radius 2 is 1.90 bits per heavy atom. The molecule has 0 aliphatic carbocycles. The van der Waals surface area contributed by atoms with Crippen molar-refractivity contribution in [2.24, 2.45) is 0 Å². The lowest BCUT2D eigenvalue weighted by atomic mass is 9.92. The van der Waals surface area contributed by atoms with Gasteiger partial charge in [0.1, 0.15) is 5.69 Å². The van der Waals surface area contributed by atoms with Crippen molar-refractivity contribution < 1.29 is 4.79 Å². The molecule has 0 saturated carbocycles. The first-order valence-electron chi connectivity index (χ1n) is 6.73. The molecule has 1 aromatic heterocycles. The zero-order valence-electron chi connectivity index (χ0n) is 12.5. The molecule has 0 atom stereocenters. The number of nitrogens with one attached hydrogen (secondary N) is 1. The van der Waals surface area contributed by atoms with Crippen molar-refractivity contribution in [2.45, 2.75) is 32.7 Å². The van der Waals surface area contributed by atoms with E-state index in [1.807, 2.05) is 36.4 Å². The lowest BCUT2D eigenvalue weighted by Crippen LogP contribution is -2.26. The van der Waals surface area contributed by atoms with Gasteiger partial charge in [-0.2, -0.15) is 5.10 Å². The van der Waals surface area contributed by atoms with E-state index < -0.39 is 0 Å². The highest BCUT2D eigenvalue weighted by atomic mass is 16.2. The summed E-state index contributed by atoms with van der Waals surface area (Å²) in [5.41, 5.74) is 2.50. The molecular weight excluding hydrogens is 250 g/mol. The van der Waals surface area contributed by atoms with Gasteiger partial charge in [0.05, 0.1) is 0 Å². The number of aromatic amines is 1. The normalized spacial score (nSPS) is 11.4. The molecule has 0 spiro atoms. The predicted octanol–water partition coefficient (Wildman–Crippen LogP) is 2.98. The van der Waals surface area contributed by atoms with Crippen LogP contribution in [0.3, 0.4) is 0 Å². The van der Waals surface area contributed by atoms with E-state index in [1.54, 1.807) is 11.9 Å². The zero-order chi connectivity index (χ0) is 14.8. The number of carbonyl (C=O) groups excluding carboxylic acids is 1. The molecule has 0 radical (unpaired) electrons. The van der Waals surface area contributed by atoms with Gasteiger partial charge in [-0.1, -0.05) is 51.1 Å². The molecule has 4 heteroatoms. The average Bonchev–Trinajstić information content (AvgIpc) is 2.88. The number of amides is 1. The Hall–Kier alpha value is -2.10. The van der Waals surface area contributed by atoms with Crippen molar-refractivity contribution >= 4 is 5.91 Å². The van der Waals surface area contributed by atoms with Crippen LogP contribution in [0.2, 0.25) is 0 Å². The second-order valence-corrected chi connectivity index (χ2v) is 6.06. The molecule has 1 aromatic carbocycles. The lowest BCUT2D eigenvalue weighted by molar-refractivity contribution is 0.0779. The quantitative estimate of drug-likeness (QED) is 0.933. The van der Waals surface area contributed by atoms with Crippen molar-refractivity contribution in [3.63, 3.8) is 0 Å². The first kappa shape index (κ1) is 14.3. The summed E-state index contributed by atoms with van der Waals surface area (Å²) in [5, 5.41) is 7.08. The fraction of sp³-hybridized carbons (Fsp3) is 0.375. The van der Waals surface area contributed by atoms with Gasteiger partial charge in [-0.05, 0) is 11.6 Å². The van der Waals surface area contributed by atoms with Crippen molar-refractivity contribution in [2.75, 3.05) is 7.05 Å². The second-order valence-electron chi connectivity index (χ2n) is 6.06. The summed E-state index contributed by atoms with van der Waals surface area (Å²) in [6, 6.07) is 11.8. The Bertz CT molecular complexity index is 581. The molecule has 0 bridgehead atoms. The third kappa shape index (κ3) is 3.26. The largest absolute Gasteiger partial charge is 0.336 e. The Morgan fingerprint density at radius 3 is 2.45 bits per heavy atom. The fourth-order valence-electron chi connectivity index (χ4n) is 1.94. The minimum atomic E-state index is -0.0689. The summed E-state index contributed by atoms with van der Waals surface area (Å²) in [4.78, 5) is 14.0. The van der Waals surface area contributed by atoms with Crippen LogP contribution in [-0.2, 0) is 12.0 Å². The predicted molar refractivity (Wildman–Crippen MR) is 79.5 cm³/mol. The van der Waals surface area contributed by atoms with Crippen LogP contribution < -0.4 is 0 Å². The summed E-state index contributed by atoms with van der Waals surface area (Å²) >= 11 is 0. The van der Waals surface area contributed by atoms with E-state index in [0.29, 0.717) is 12.2 Å².